The van der Waals surface area contributed by atoms with E-state index < -0.39 is 0 Å². The maximum atomic E-state index is 13.3. The van der Waals surface area contributed by atoms with Gasteiger partial charge in [-0.15, -0.1) is 0 Å². The second-order valence-corrected chi connectivity index (χ2v) is 5.67. The smallest absolute Gasteiger partial charge is 0.182 e. The van der Waals surface area contributed by atoms with E-state index in [4.69, 9.17) is 5.73 Å². The molecule has 0 atom stereocenters. The van der Waals surface area contributed by atoms with Crippen LogP contribution in [-0.4, -0.2) is 20.0 Å². The Morgan fingerprint density at radius 3 is 2.90 bits per heavy atom. The van der Waals surface area contributed by atoms with E-state index in [1.54, 1.807) is 10.7 Å². The van der Waals surface area contributed by atoms with Gasteiger partial charge in [0.25, 0.3) is 0 Å². The zero-order chi connectivity index (χ0) is 15.0. The van der Waals surface area contributed by atoms with Crippen LogP contribution in [0.1, 0.15) is 25.1 Å². The van der Waals surface area contributed by atoms with Gasteiger partial charge in [0.15, 0.2) is 5.65 Å². The molecule has 0 radical (unpaired) electrons. The van der Waals surface area contributed by atoms with Crippen molar-refractivity contribution < 1.29 is 4.39 Å². The van der Waals surface area contributed by atoms with Crippen molar-refractivity contribution in [2.45, 2.75) is 26.8 Å². The summed E-state index contributed by atoms with van der Waals surface area (Å²) >= 11 is 0. The lowest BCUT2D eigenvalue weighted by molar-refractivity contribution is 0.605. The van der Waals surface area contributed by atoms with Crippen LogP contribution in [0.15, 0.2) is 24.3 Å². The standard InChI is InChI=1S/C15H18FN5/c1-9(2)6-12-13-14(17)18-19-15(13)21(20-12)8-10-4-3-5-11(16)7-10/h3-5,7,9H,6,8H2,1-2H3,(H3,17,18,19). The molecule has 3 N–H and O–H groups in total. The summed E-state index contributed by atoms with van der Waals surface area (Å²) in [6, 6.07) is 6.50. The maximum absolute atomic E-state index is 13.3. The average Bonchev–Trinajstić information content (AvgIpc) is 2.92. The number of halogens is 1. The fraction of sp³-hybridized carbons (Fsp3) is 0.333. The van der Waals surface area contributed by atoms with Crippen LogP contribution in [0.3, 0.4) is 0 Å². The van der Waals surface area contributed by atoms with Crippen molar-refractivity contribution >= 4 is 16.9 Å². The van der Waals surface area contributed by atoms with Crippen LogP contribution in [0, 0.1) is 11.7 Å². The van der Waals surface area contributed by atoms with E-state index in [2.05, 4.69) is 29.1 Å². The zero-order valence-corrected chi connectivity index (χ0v) is 12.1. The Labute approximate surface area is 122 Å². The van der Waals surface area contributed by atoms with Gasteiger partial charge in [-0.05, 0) is 30.0 Å². The molecule has 2 aromatic heterocycles. The summed E-state index contributed by atoms with van der Waals surface area (Å²) < 4.78 is 15.1. The molecule has 3 rings (SSSR count). The number of nitrogens with two attached hydrogens (primary N) is 1. The van der Waals surface area contributed by atoms with Crippen molar-refractivity contribution in [1.29, 1.82) is 0 Å². The molecule has 0 saturated heterocycles. The second kappa shape index (κ2) is 5.20. The van der Waals surface area contributed by atoms with Gasteiger partial charge in [0, 0.05) is 0 Å². The van der Waals surface area contributed by atoms with E-state index in [0.29, 0.717) is 23.9 Å². The third-order valence-corrected chi connectivity index (χ3v) is 3.37. The SMILES string of the molecule is CC(C)Cc1nn(Cc2cccc(F)c2)c2n[nH]c(N)c12. The average molecular weight is 287 g/mol. The molecule has 0 fully saturated rings. The Kier molecular flexibility index (Phi) is 3.37. The predicted molar refractivity (Wildman–Crippen MR) is 80.3 cm³/mol. The minimum atomic E-state index is -0.250. The minimum Gasteiger partial charge on any atom is -0.383 e. The van der Waals surface area contributed by atoms with E-state index in [1.807, 2.05) is 6.07 Å². The maximum Gasteiger partial charge on any atom is 0.182 e. The molecular weight excluding hydrogens is 269 g/mol. The van der Waals surface area contributed by atoms with E-state index >= 15 is 0 Å². The monoisotopic (exact) mass is 287 g/mol. The first-order chi connectivity index (χ1) is 10.0. The highest BCUT2D eigenvalue weighted by Crippen LogP contribution is 2.25. The van der Waals surface area contributed by atoms with Crippen molar-refractivity contribution in [3.8, 4) is 0 Å². The Bertz CT molecular complexity index is 772. The molecule has 0 aliphatic rings. The van der Waals surface area contributed by atoms with Crippen LogP contribution in [0.4, 0.5) is 10.2 Å². The molecule has 2 heterocycles. The number of nitrogen functional groups attached to an aromatic ring is 1. The van der Waals surface area contributed by atoms with E-state index in [1.165, 1.54) is 12.1 Å². The molecular formula is C15H18FN5. The second-order valence-electron chi connectivity index (χ2n) is 5.67. The highest BCUT2D eigenvalue weighted by molar-refractivity contribution is 5.89. The summed E-state index contributed by atoms with van der Waals surface area (Å²) in [6.07, 6.45) is 0.830. The Morgan fingerprint density at radius 2 is 2.19 bits per heavy atom. The first-order valence-corrected chi connectivity index (χ1v) is 6.98. The van der Waals surface area contributed by atoms with E-state index in [-0.39, 0.29) is 5.82 Å². The van der Waals surface area contributed by atoms with Crippen molar-refractivity contribution in [3.63, 3.8) is 0 Å². The predicted octanol–water partition coefficient (Wildman–Crippen LogP) is 2.73. The zero-order valence-electron chi connectivity index (χ0n) is 12.1. The number of fused-ring (bicyclic) bond motifs is 1. The Hall–Kier alpha value is -2.37. The fourth-order valence-corrected chi connectivity index (χ4v) is 2.51. The van der Waals surface area contributed by atoms with Gasteiger partial charge >= 0.3 is 0 Å². The third kappa shape index (κ3) is 2.61. The number of nitrogens with one attached hydrogen (secondary N) is 1. The van der Waals surface area contributed by atoms with Gasteiger partial charge in [0.2, 0.25) is 0 Å². The molecule has 1 aromatic carbocycles. The summed E-state index contributed by atoms with van der Waals surface area (Å²) in [4.78, 5) is 0. The number of hydrogen-bond acceptors (Lipinski definition) is 3. The van der Waals surface area contributed by atoms with Gasteiger partial charge in [-0.2, -0.15) is 10.2 Å². The molecule has 0 unspecified atom stereocenters. The number of anilines is 1. The summed E-state index contributed by atoms with van der Waals surface area (Å²) in [5, 5.41) is 12.5. The number of benzene rings is 1. The lowest BCUT2D eigenvalue weighted by atomic mass is 10.1. The highest BCUT2D eigenvalue weighted by atomic mass is 19.1. The Balaban J connectivity index is 2.02. The summed E-state index contributed by atoms with van der Waals surface area (Å²) in [5.74, 6) is 0.756. The van der Waals surface area contributed by atoms with Gasteiger partial charge in [0.1, 0.15) is 11.6 Å². The molecule has 0 aliphatic carbocycles. The molecule has 0 amide bonds. The molecule has 0 saturated carbocycles. The van der Waals surface area contributed by atoms with Crippen LogP contribution in [0.2, 0.25) is 0 Å². The van der Waals surface area contributed by atoms with Crippen LogP contribution in [0.5, 0.6) is 0 Å². The van der Waals surface area contributed by atoms with Crippen molar-refractivity contribution in [2.75, 3.05) is 5.73 Å². The number of aromatic nitrogens is 4. The number of nitrogens with zero attached hydrogens (tertiary/aromatic N) is 3. The summed E-state index contributed by atoms with van der Waals surface area (Å²) in [5.41, 5.74) is 8.44. The molecule has 110 valence electrons. The van der Waals surface area contributed by atoms with Crippen LogP contribution in [0.25, 0.3) is 11.0 Å². The normalized spacial score (nSPS) is 11.6. The number of H-pyrrole nitrogens is 1. The largest absolute Gasteiger partial charge is 0.383 e. The molecule has 0 bridgehead atoms. The number of aromatic amines is 1. The van der Waals surface area contributed by atoms with Gasteiger partial charge in [-0.1, -0.05) is 26.0 Å². The topological polar surface area (TPSA) is 72.5 Å². The summed E-state index contributed by atoms with van der Waals surface area (Å²) in [6.45, 7) is 4.73. The Morgan fingerprint density at radius 1 is 1.38 bits per heavy atom. The quantitative estimate of drug-likeness (QED) is 0.775. The number of rotatable bonds is 4. The van der Waals surface area contributed by atoms with Gasteiger partial charge < -0.3 is 5.73 Å². The van der Waals surface area contributed by atoms with Crippen molar-refractivity contribution in [2.24, 2.45) is 5.92 Å². The van der Waals surface area contributed by atoms with Crippen LogP contribution in [-0.2, 0) is 13.0 Å². The van der Waals surface area contributed by atoms with Crippen molar-refractivity contribution in [3.05, 3.63) is 41.3 Å². The van der Waals surface area contributed by atoms with Gasteiger partial charge in [0.05, 0.1) is 17.6 Å². The molecule has 0 spiro atoms. The number of hydrogen-bond donors (Lipinski definition) is 2. The van der Waals surface area contributed by atoms with E-state index in [9.17, 15) is 4.39 Å². The van der Waals surface area contributed by atoms with Gasteiger partial charge in [-0.3, -0.25) is 5.10 Å². The first kappa shape index (κ1) is 13.6. The first-order valence-electron chi connectivity index (χ1n) is 6.98. The van der Waals surface area contributed by atoms with Crippen LogP contribution < -0.4 is 5.73 Å². The minimum absolute atomic E-state index is 0.250. The fourth-order valence-electron chi connectivity index (χ4n) is 2.51. The molecule has 21 heavy (non-hydrogen) atoms. The molecule has 0 aliphatic heterocycles. The van der Waals surface area contributed by atoms with Gasteiger partial charge in [-0.25, -0.2) is 9.07 Å². The molecule has 3 aromatic rings. The van der Waals surface area contributed by atoms with Crippen molar-refractivity contribution in [1.82, 2.24) is 20.0 Å². The molecule has 5 nitrogen and oxygen atoms in total. The van der Waals surface area contributed by atoms with Crippen LogP contribution >= 0.6 is 0 Å². The molecule has 6 heteroatoms. The van der Waals surface area contributed by atoms with E-state index in [0.717, 1.165) is 23.1 Å². The lowest BCUT2D eigenvalue weighted by Crippen LogP contribution is -2.04. The summed E-state index contributed by atoms with van der Waals surface area (Å²) in [7, 11) is 0. The third-order valence-electron chi connectivity index (χ3n) is 3.37. The lowest BCUT2D eigenvalue weighted by Gasteiger charge is -2.03. The highest BCUT2D eigenvalue weighted by Gasteiger charge is 2.17.